The Hall–Kier alpha value is -4.11. The van der Waals surface area contributed by atoms with Gasteiger partial charge in [-0.05, 0) is 259 Å². The van der Waals surface area contributed by atoms with Crippen LogP contribution in [0.1, 0.15) is 306 Å². The van der Waals surface area contributed by atoms with E-state index in [-0.39, 0.29) is 109 Å². The molecule has 0 atom stereocenters. The second-order valence-electron chi connectivity index (χ2n) is 35.9. The maximum absolute atomic E-state index is 11.1. The number of allylic oxidation sites excluding steroid dienone is 14. The van der Waals surface area contributed by atoms with Crippen molar-refractivity contribution in [2.75, 3.05) is 0 Å². The Bertz CT molecular complexity index is 3880. The van der Waals surface area contributed by atoms with Crippen molar-refractivity contribution < 1.29 is 70.2 Å². The molecule has 0 amide bonds. The maximum Gasteiger partial charge on any atom is 0.179 e. The molecule has 0 saturated heterocycles. The predicted octanol–water partition coefficient (Wildman–Crippen LogP) is 27.1. The summed E-state index contributed by atoms with van der Waals surface area (Å²) in [4.78, 5) is 15.2. The van der Waals surface area contributed by atoms with Crippen molar-refractivity contribution in [2.45, 2.75) is 305 Å². The minimum absolute atomic E-state index is 0. The van der Waals surface area contributed by atoms with E-state index in [1.165, 1.54) is 150 Å². The van der Waals surface area contributed by atoms with Gasteiger partial charge in [0.1, 0.15) is 5.69 Å². The van der Waals surface area contributed by atoms with Gasteiger partial charge in [-0.15, -0.1) is 11.1 Å². The van der Waals surface area contributed by atoms with Crippen LogP contribution in [-0.4, -0.2) is 15.3 Å². The van der Waals surface area contributed by atoms with E-state index in [0.717, 1.165) is 31.4 Å². The zero-order valence-corrected chi connectivity index (χ0v) is 75.7. The number of hydrogen-bond donors (Lipinski definition) is 0. The third-order valence-corrected chi connectivity index (χ3v) is 19.5. The van der Waals surface area contributed by atoms with Gasteiger partial charge in [0.05, 0.1) is 6.33 Å². The van der Waals surface area contributed by atoms with Gasteiger partial charge < -0.3 is 4.57 Å². The normalized spacial score (nSPS) is 14.8. The molecule has 4 aliphatic rings. The molecule has 3 nitrogen and oxygen atoms in total. The summed E-state index contributed by atoms with van der Waals surface area (Å²) < 4.78 is 2.02. The minimum Gasteiger partial charge on any atom is -0.329 e. The second kappa shape index (κ2) is 35.9. The van der Waals surface area contributed by atoms with Gasteiger partial charge in [-0.1, -0.05) is 215 Å². The van der Waals surface area contributed by atoms with Crippen LogP contribution in [0.25, 0.3) is 11.1 Å². The fraction of sp³-hybridized carbons (Fsp3) is 0.527. The number of nitrogens with zero attached hydrogens (tertiary/aromatic N) is 2. The number of hydrogen-bond acceptors (Lipinski definition) is 2. The van der Waals surface area contributed by atoms with Crippen LogP contribution in [-0.2, 0) is 94.6 Å². The Morgan fingerprint density at radius 1 is 0.459 bits per heavy atom. The smallest absolute Gasteiger partial charge is 0.179 e. The van der Waals surface area contributed by atoms with E-state index in [4.69, 9.17) is 0 Å². The second-order valence-corrected chi connectivity index (χ2v) is 35.9. The molecule has 9 rings (SSSR count). The van der Waals surface area contributed by atoms with Crippen LogP contribution in [0.3, 0.4) is 0 Å². The molecule has 1 aromatic heterocycles. The van der Waals surface area contributed by atoms with Crippen molar-refractivity contribution in [1.29, 1.82) is 0 Å². The van der Waals surface area contributed by atoms with Crippen LogP contribution in [0.2, 0.25) is 0 Å². The molecule has 1 heterocycles. The Balaban J connectivity index is 0.000000570. The predicted molar refractivity (Wildman–Crippen MR) is 426 cm³/mol. The van der Waals surface area contributed by atoms with E-state index in [0.29, 0.717) is 5.69 Å². The van der Waals surface area contributed by atoms with Crippen LogP contribution in [0.5, 0.6) is 0 Å². The molecule has 0 aliphatic heterocycles. The molecule has 2 radical (unpaired) electrons. The summed E-state index contributed by atoms with van der Waals surface area (Å²) in [5.74, 6) is 0.0282. The van der Waals surface area contributed by atoms with Crippen LogP contribution in [0, 0.1) is 103 Å². The van der Waals surface area contributed by atoms with Crippen molar-refractivity contribution in [3.63, 3.8) is 0 Å². The Morgan fingerprint density at radius 3 is 1.37 bits per heavy atom. The largest absolute Gasteiger partial charge is 0.329 e. The number of fused-ring (bicyclic) bond motifs is 2. The van der Waals surface area contributed by atoms with E-state index < -0.39 is 0 Å². The molecular weight excluding hydrogens is 1340 g/mol. The van der Waals surface area contributed by atoms with E-state index >= 15 is 0 Å². The Kier molecular flexibility index (Phi) is 33.6. The first-order valence-corrected chi connectivity index (χ1v) is 35.6. The molecule has 0 saturated carbocycles. The zero-order chi connectivity index (χ0) is 74.4. The fourth-order valence-electron chi connectivity index (χ4n) is 14.5. The van der Waals surface area contributed by atoms with Crippen LogP contribution in [0.4, 0.5) is 0 Å². The molecule has 98 heavy (non-hydrogen) atoms. The summed E-state index contributed by atoms with van der Waals surface area (Å²) in [7, 11) is 0. The fourth-order valence-corrected chi connectivity index (χ4v) is 14.5. The number of imidazole rings is 1. The molecule has 4 aromatic carbocycles. The quantitative estimate of drug-likeness (QED) is 0.124. The molecule has 0 fully saturated rings. The van der Waals surface area contributed by atoms with E-state index in [2.05, 4.69) is 334 Å². The topological polar surface area (TPSA) is 34.9 Å². The first kappa shape index (κ1) is 91.9. The molecule has 0 unspecified atom stereocenters. The number of aromatic nitrogens is 2. The van der Waals surface area contributed by atoms with E-state index in [1.54, 1.807) is 13.3 Å². The molecule has 532 valence electrons. The average molecular weight is 1480 g/mol. The molecule has 5 heteroatoms. The van der Waals surface area contributed by atoms with Gasteiger partial charge in [-0.25, -0.2) is 4.98 Å². The summed E-state index contributed by atoms with van der Waals surface area (Å²) in [6.07, 6.45) is 10.6. The number of Topliss-reactive ketones (excluding diaryl/α,β-unsaturated/α-hetero) is 1. The third-order valence-electron chi connectivity index (χ3n) is 19.5. The van der Waals surface area contributed by atoms with Crippen molar-refractivity contribution in [3.05, 3.63) is 237 Å². The Morgan fingerprint density at radius 2 is 0.929 bits per heavy atom. The van der Waals surface area contributed by atoms with Crippen molar-refractivity contribution >= 4 is 16.9 Å². The van der Waals surface area contributed by atoms with E-state index in [1.807, 2.05) is 11.5 Å². The SMILES string of the molecule is C=C1CC(C)=C(C)C(C)=C1C(C)(C)C.C=C1CC(C)=C(C)C=C1C(C)(C)C.CC(=O)c1ncn(C(C)(C)C)c1C.CC1=C(C(C)(C)C)c2cc(C)c[c-]c2C1.Cc1c[c-]c2c(c1)C(C(C)(C)C)=CC2.Cc1cc(C)c(C(C)(C)C)c(C)c1C.Cc1cc(C)c(C(C)(C)C)cc1C.[Y].[Y]. The number of carbonyl (C=O) groups is 1. The summed E-state index contributed by atoms with van der Waals surface area (Å²) in [5.41, 5.74) is 41.4. The van der Waals surface area contributed by atoms with Crippen LogP contribution >= 0.6 is 0 Å². The Labute approximate surface area is 654 Å². The standard InChI is InChI=1S/C15H19.C14H17.2C14H22.2C13H20.C10H16N2O.2Y/c1-10-6-7-12-9-11(2)14(13(12)8-10)15(3,4)5;1-10-5-6-11-7-8-13(12(11)9-10)14(2,3)4;2*1-9-8-10(2)13(14(5,6)7)12(4)11(9)3;2*1-9-7-11(3)12(8-10(9)2)13(4,5)6;1-7-9(8(2)13)11-6-12(7)10(3,4)5;;/h6,8H,9H2,1-5H3;5,8-9H,7H2,1-4H3;8H,1-7H3;2,8H2,1,3-7H3;7-8H,1-6H3;8H,3,7H2,1-2,4-6H3;6H,1-5H3;;/q2*-1;;;;;;;. The van der Waals surface area contributed by atoms with Crippen molar-refractivity contribution in [1.82, 2.24) is 9.55 Å². The number of benzene rings is 4. The monoisotopic (exact) mass is 1470 g/mol. The average Bonchev–Trinajstić information content (AvgIpc) is 1.49. The van der Waals surface area contributed by atoms with Gasteiger partial charge in [-0.2, -0.15) is 58.7 Å². The maximum atomic E-state index is 11.1. The van der Waals surface area contributed by atoms with Crippen LogP contribution < -0.4 is 0 Å². The summed E-state index contributed by atoms with van der Waals surface area (Å²) in [6, 6.07) is 22.5. The number of aryl methyl sites for hydroxylation is 7. The zero-order valence-electron chi connectivity index (χ0n) is 70.0. The molecule has 5 aromatic rings. The third kappa shape index (κ3) is 25.1. The van der Waals surface area contributed by atoms with Crippen molar-refractivity contribution in [2.24, 2.45) is 21.7 Å². The number of rotatable bonds is 1. The van der Waals surface area contributed by atoms with Crippen LogP contribution in [0.15, 0.2) is 130 Å². The minimum atomic E-state index is -0.00914. The molecule has 0 bridgehead atoms. The van der Waals surface area contributed by atoms with Gasteiger partial charge >= 0.3 is 0 Å². The summed E-state index contributed by atoms with van der Waals surface area (Å²) >= 11 is 0. The molecule has 0 spiro atoms. The van der Waals surface area contributed by atoms with E-state index in [9.17, 15) is 4.79 Å². The molecular formula is C93H136N2OY2-2. The van der Waals surface area contributed by atoms with Crippen molar-refractivity contribution in [3.8, 4) is 0 Å². The number of carbonyl (C=O) groups excluding carboxylic acids is 1. The van der Waals surface area contributed by atoms with Gasteiger partial charge in [0, 0.05) is 83.6 Å². The molecule has 0 N–H and O–H groups in total. The number of ketones is 1. The van der Waals surface area contributed by atoms with Gasteiger partial charge in [0.2, 0.25) is 0 Å². The first-order valence-electron chi connectivity index (χ1n) is 35.6. The molecule has 4 aliphatic carbocycles. The van der Waals surface area contributed by atoms with Gasteiger partial charge in [0.15, 0.2) is 5.78 Å². The van der Waals surface area contributed by atoms with Gasteiger partial charge in [0.25, 0.3) is 0 Å². The summed E-state index contributed by atoms with van der Waals surface area (Å²) in [6.45, 7) is 92.0. The first-order chi connectivity index (χ1) is 43.3. The summed E-state index contributed by atoms with van der Waals surface area (Å²) in [5, 5.41) is 0. The van der Waals surface area contributed by atoms with Gasteiger partial charge in [-0.3, -0.25) is 4.79 Å².